The summed E-state index contributed by atoms with van der Waals surface area (Å²) in [5, 5.41) is 6.13. The van der Waals surface area contributed by atoms with Crippen LogP contribution < -0.4 is 10.6 Å². The van der Waals surface area contributed by atoms with E-state index in [9.17, 15) is 13.2 Å². The third-order valence-electron chi connectivity index (χ3n) is 5.46. The predicted molar refractivity (Wildman–Crippen MR) is 122 cm³/mol. The van der Waals surface area contributed by atoms with Crippen molar-refractivity contribution >= 4 is 27.3 Å². The fourth-order valence-corrected chi connectivity index (χ4v) is 4.67. The molecule has 2 aromatic carbocycles. The van der Waals surface area contributed by atoms with E-state index in [1.165, 1.54) is 9.87 Å². The van der Waals surface area contributed by atoms with Gasteiger partial charge in [0.1, 0.15) is 0 Å². The SMILES string of the molecule is CCS(=O)(=O)N1CCc2c(cccc2NCC(=O)Nc2ccc(C(C)(C)C)cc2)C1. The van der Waals surface area contributed by atoms with Gasteiger partial charge >= 0.3 is 0 Å². The molecule has 0 aliphatic carbocycles. The number of nitrogens with one attached hydrogen (secondary N) is 2. The van der Waals surface area contributed by atoms with Crippen molar-refractivity contribution < 1.29 is 13.2 Å². The van der Waals surface area contributed by atoms with E-state index in [1.807, 2.05) is 42.5 Å². The summed E-state index contributed by atoms with van der Waals surface area (Å²) in [4.78, 5) is 12.4. The van der Waals surface area contributed by atoms with Gasteiger partial charge in [0.05, 0.1) is 12.3 Å². The van der Waals surface area contributed by atoms with Gasteiger partial charge in [-0.2, -0.15) is 4.31 Å². The molecule has 1 aliphatic heterocycles. The van der Waals surface area contributed by atoms with Crippen molar-refractivity contribution in [2.75, 3.05) is 29.5 Å². The van der Waals surface area contributed by atoms with Crippen molar-refractivity contribution in [3.63, 3.8) is 0 Å². The molecule has 0 spiro atoms. The second-order valence-corrected chi connectivity index (χ2v) is 10.9. The topological polar surface area (TPSA) is 78.5 Å². The van der Waals surface area contributed by atoms with Crippen LogP contribution in [0.25, 0.3) is 0 Å². The minimum absolute atomic E-state index is 0.0720. The molecule has 7 heteroatoms. The van der Waals surface area contributed by atoms with Gasteiger partial charge in [0.2, 0.25) is 15.9 Å². The smallest absolute Gasteiger partial charge is 0.243 e. The van der Waals surface area contributed by atoms with Crippen LogP contribution in [0.15, 0.2) is 42.5 Å². The molecule has 3 rings (SSSR count). The Balaban J connectivity index is 1.62. The fraction of sp³-hybridized carbons (Fsp3) is 0.435. The van der Waals surface area contributed by atoms with E-state index < -0.39 is 10.0 Å². The number of fused-ring (bicyclic) bond motifs is 1. The van der Waals surface area contributed by atoms with Crippen molar-refractivity contribution in [2.45, 2.75) is 46.1 Å². The van der Waals surface area contributed by atoms with Gasteiger partial charge in [0.25, 0.3) is 0 Å². The lowest BCUT2D eigenvalue weighted by Gasteiger charge is -2.29. The van der Waals surface area contributed by atoms with Crippen molar-refractivity contribution in [1.29, 1.82) is 0 Å². The quantitative estimate of drug-likeness (QED) is 0.733. The lowest BCUT2D eigenvalue weighted by atomic mass is 9.87. The van der Waals surface area contributed by atoms with Gasteiger partial charge < -0.3 is 10.6 Å². The summed E-state index contributed by atoms with van der Waals surface area (Å²) in [6.07, 6.45) is 0.633. The van der Waals surface area contributed by atoms with Gasteiger partial charge in [-0.25, -0.2) is 8.42 Å². The molecule has 2 aromatic rings. The van der Waals surface area contributed by atoms with Crippen molar-refractivity contribution in [3.05, 3.63) is 59.2 Å². The second-order valence-electron chi connectivity index (χ2n) is 8.66. The van der Waals surface area contributed by atoms with E-state index >= 15 is 0 Å². The Morgan fingerprint density at radius 2 is 1.80 bits per heavy atom. The first-order valence-electron chi connectivity index (χ1n) is 10.3. The van der Waals surface area contributed by atoms with Crippen LogP contribution in [0, 0.1) is 0 Å². The largest absolute Gasteiger partial charge is 0.376 e. The molecular formula is C23H31N3O3S. The zero-order valence-corrected chi connectivity index (χ0v) is 19.0. The molecule has 1 aliphatic rings. The highest BCUT2D eigenvalue weighted by atomic mass is 32.2. The summed E-state index contributed by atoms with van der Waals surface area (Å²) in [6, 6.07) is 13.7. The molecule has 0 saturated carbocycles. The van der Waals surface area contributed by atoms with E-state index in [2.05, 4.69) is 31.4 Å². The molecule has 162 valence electrons. The summed E-state index contributed by atoms with van der Waals surface area (Å²) >= 11 is 0. The van der Waals surface area contributed by atoms with E-state index in [0.29, 0.717) is 19.5 Å². The lowest BCUT2D eigenvalue weighted by Crippen LogP contribution is -2.37. The summed E-state index contributed by atoms with van der Waals surface area (Å²) in [5.74, 6) is -0.0147. The number of benzene rings is 2. The minimum atomic E-state index is -3.20. The first-order valence-corrected chi connectivity index (χ1v) is 11.9. The molecule has 0 aromatic heterocycles. The Morgan fingerprint density at radius 1 is 1.10 bits per heavy atom. The minimum Gasteiger partial charge on any atom is -0.376 e. The Hall–Kier alpha value is -2.38. The summed E-state index contributed by atoms with van der Waals surface area (Å²) in [6.45, 7) is 9.12. The summed E-state index contributed by atoms with van der Waals surface area (Å²) in [7, 11) is -3.20. The lowest BCUT2D eigenvalue weighted by molar-refractivity contribution is -0.114. The highest BCUT2D eigenvalue weighted by Crippen LogP contribution is 2.28. The standard InChI is InChI=1S/C23H31N3O3S/c1-5-30(28,29)26-14-13-20-17(16-26)7-6-8-21(20)24-15-22(27)25-19-11-9-18(10-12-19)23(2,3)4/h6-12,24H,5,13-16H2,1-4H3,(H,25,27). The van der Waals surface area contributed by atoms with Crippen LogP contribution in [0.4, 0.5) is 11.4 Å². The van der Waals surface area contributed by atoms with Crippen LogP contribution in [0.1, 0.15) is 44.4 Å². The molecule has 0 radical (unpaired) electrons. The summed E-state index contributed by atoms with van der Waals surface area (Å²) in [5.41, 5.74) is 5.02. The van der Waals surface area contributed by atoms with E-state index in [1.54, 1.807) is 6.92 Å². The summed E-state index contributed by atoms with van der Waals surface area (Å²) < 4.78 is 25.9. The number of hydrogen-bond acceptors (Lipinski definition) is 4. The van der Waals surface area contributed by atoms with Gasteiger partial charge in [-0.15, -0.1) is 0 Å². The van der Waals surface area contributed by atoms with Crippen molar-refractivity contribution in [3.8, 4) is 0 Å². The zero-order chi connectivity index (χ0) is 21.9. The molecular weight excluding hydrogens is 398 g/mol. The molecule has 1 heterocycles. The van der Waals surface area contributed by atoms with Crippen LogP contribution in [-0.2, 0) is 33.2 Å². The van der Waals surface area contributed by atoms with E-state index in [-0.39, 0.29) is 23.6 Å². The Labute approximate surface area is 179 Å². The van der Waals surface area contributed by atoms with Gasteiger partial charge in [-0.05, 0) is 53.6 Å². The van der Waals surface area contributed by atoms with Gasteiger partial charge in [-0.3, -0.25) is 4.79 Å². The molecule has 2 N–H and O–H groups in total. The predicted octanol–water partition coefficient (Wildman–Crippen LogP) is 3.74. The molecule has 6 nitrogen and oxygen atoms in total. The monoisotopic (exact) mass is 429 g/mol. The first-order chi connectivity index (χ1) is 14.1. The Bertz CT molecular complexity index is 1010. The molecule has 0 unspecified atom stereocenters. The van der Waals surface area contributed by atoms with Crippen LogP contribution in [-0.4, -0.2) is 37.5 Å². The third-order valence-corrected chi connectivity index (χ3v) is 7.29. The Kier molecular flexibility index (Phi) is 6.53. The van der Waals surface area contributed by atoms with Gasteiger partial charge in [0, 0.05) is 24.5 Å². The number of hydrogen-bond donors (Lipinski definition) is 2. The number of nitrogens with zero attached hydrogens (tertiary/aromatic N) is 1. The number of sulfonamides is 1. The molecule has 30 heavy (non-hydrogen) atoms. The van der Waals surface area contributed by atoms with Crippen LogP contribution in [0.5, 0.6) is 0 Å². The number of carbonyl (C=O) groups is 1. The van der Waals surface area contributed by atoms with E-state index in [0.717, 1.165) is 22.5 Å². The fourth-order valence-electron chi connectivity index (χ4n) is 3.60. The highest BCUT2D eigenvalue weighted by Gasteiger charge is 2.26. The molecule has 0 saturated heterocycles. The number of rotatable bonds is 6. The first kappa shape index (κ1) is 22.3. The Morgan fingerprint density at radius 3 is 2.43 bits per heavy atom. The number of carbonyl (C=O) groups excluding carboxylic acids is 1. The maximum atomic E-state index is 12.4. The maximum Gasteiger partial charge on any atom is 0.243 e. The van der Waals surface area contributed by atoms with Crippen molar-refractivity contribution in [2.24, 2.45) is 0 Å². The second kappa shape index (κ2) is 8.78. The number of anilines is 2. The molecule has 1 amide bonds. The van der Waals surface area contributed by atoms with Gasteiger partial charge in [0.15, 0.2) is 0 Å². The normalized spacial score (nSPS) is 14.8. The molecule has 0 bridgehead atoms. The van der Waals surface area contributed by atoms with Crippen LogP contribution >= 0.6 is 0 Å². The van der Waals surface area contributed by atoms with Gasteiger partial charge in [-0.1, -0.05) is 45.0 Å². The number of amides is 1. The van der Waals surface area contributed by atoms with Crippen LogP contribution in [0.2, 0.25) is 0 Å². The average Bonchev–Trinajstić information content (AvgIpc) is 2.71. The highest BCUT2D eigenvalue weighted by molar-refractivity contribution is 7.89. The van der Waals surface area contributed by atoms with Crippen molar-refractivity contribution in [1.82, 2.24) is 4.31 Å². The molecule has 0 atom stereocenters. The molecule has 0 fully saturated rings. The van der Waals surface area contributed by atoms with Crippen LogP contribution in [0.3, 0.4) is 0 Å². The zero-order valence-electron chi connectivity index (χ0n) is 18.2. The average molecular weight is 430 g/mol. The third kappa shape index (κ3) is 5.21. The maximum absolute atomic E-state index is 12.4. The van der Waals surface area contributed by atoms with E-state index in [4.69, 9.17) is 0 Å².